The molecule has 1 atom stereocenters. The van der Waals surface area contributed by atoms with E-state index in [4.69, 9.17) is 5.11 Å². The Bertz CT molecular complexity index is 215. The van der Waals surface area contributed by atoms with Crippen LogP contribution >= 0.6 is 0 Å². The molecule has 0 heterocycles. The highest BCUT2D eigenvalue weighted by Crippen LogP contribution is 2.27. The summed E-state index contributed by atoms with van der Waals surface area (Å²) in [4.78, 5) is 0. The highest BCUT2D eigenvalue weighted by atomic mass is 19.4. The lowest BCUT2D eigenvalue weighted by atomic mass is 10.0. The van der Waals surface area contributed by atoms with Crippen molar-refractivity contribution in [2.24, 2.45) is 0 Å². The first-order valence-electron chi connectivity index (χ1n) is 3.46. The lowest BCUT2D eigenvalue weighted by Gasteiger charge is -2.17. The molecule has 12 heavy (non-hydrogen) atoms. The second-order valence-corrected chi connectivity index (χ2v) is 2.48. The van der Waals surface area contributed by atoms with Crippen LogP contribution in [-0.2, 0) is 0 Å². The second-order valence-electron chi connectivity index (χ2n) is 2.48. The average Bonchev–Trinajstić information content (AvgIpc) is 2.03. The van der Waals surface area contributed by atoms with Crippen molar-refractivity contribution in [1.29, 1.82) is 0 Å². The Balaban J connectivity index is 2.70. The SMILES string of the molecule is OC(C1=C[CH]CC=C1)C(F)(F)F. The zero-order valence-electron chi connectivity index (χ0n) is 6.17. The number of hydrogen-bond acceptors (Lipinski definition) is 1. The minimum absolute atomic E-state index is 0.103. The summed E-state index contributed by atoms with van der Waals surface area (Å²) in [5, 5.41) is 8.75. The molecule has 4 heteroatoms. The van der Waals surface area contributed by atoms with Gasteiger partial charge in [0.15, 0.2) is 6.10 Å². The van der Waals surface area contributed by atoms with Gasteiger partial charge in [0.25, 0.3) is 0 Å². The average molecular weight is 177 g/mol. The molecule has 0 saturated carbocycles. The largest absolute Gasteiger partial charge is 0.418 e. The van der Waals surface area contributed by atoms with Gasteiger partial charge in [-0.15, -0.1) is 0 Å². The van der Waals surface area contributed by atoms with Gasteiger partial charge in [-0.2, -0.15) is 13.2 Å². The van der Waals surface area contributed by atoms with E-state index in [0.29, 0.717) is 6.42 Å². The molecule has 0 aromatic carbocycles. The van der Waals surface area contributed by atoms with E-state index in [1.807, 2.05) is 0 Å². The van der Waals surface area contributed by atoms with Gasteiger partial charge in [0.2, 0.25) is 0 Å². The Kier molecular flexibility index (Phi) is 2.57. The normalized spacial score (nSPS) is 20.5. The van der Waals surface area contributed by atoms with Crippen LogP contribution in [0.1, 0.15) is 6.42 Å². The molecular weight excluding hydrogens is 169 g/mol. The zero-order valence-corrected chi connectivity index (χ0v) is 6.17. The number of aliphatic hydroxyl groups is 1. The summed E-state index contributed by atoms with van der Waals surface area (Å²) < 4.78 is 35.7. The van der Waals surface area contributed by atoms with E-state index in [1.165, 1.54) is 12.2 Å². The van der Waals surface area contributed by atoms with Gasteiger partial charge in [0.1, 0.15) is 0 Å². The van der Waals surface area contributed by atoms with Crippen LogP contribution in [0.2, 0.25) is 0 Å². The molecule has 0 aromatic heterocycles. The van der Waals surface area contributed by atoms with Crippen molar-refractivity contribution in [1.82, 2.24) is 0 Å². The molecule has 67 valence electrons. The highest BCUT2D eigenvalue weighted by Gasteiger charge is 2.39. The molecule has 0 saturated heterocycles. The predicted octanol–water partition coefficient (Wildman–Crippen LogP) is 2.00. The molecule has 0 fully saturated rings. The van der Waals surface area contributed by atoms with Gasteiger partial charge in [-0.1, -0.05) is 18.2 Å². The molecule has 0 bridgehead atoms. The first kappa shape index (κ1) is 9.32. The third-order valence-electron chi connectivity index (χ3n) is 1.52. The van der Waals surface area contributed by atoms with Crippen LogP contribution in [-0.4, -0.2) is 17.4 Å². The lowest BCUT2D eigenvalue weighted by molar-refractivity contribution is -0.190. The molecule has 1 unspecified atom stereocenters. The maximum Gasteiger partial charge on any atom is 0.418 e. The Morgan fingerprint density at radius 2 is 2.08 bits per heavy atom. The molecule has 0 amide bonds. The van der Waals surface area contributed by atoms with E-state index in [-0.39, 0.29) is 5.57 Å². The standard InChI is InChI=1S/C8H8F3O/c9-8(10,11)7(12)6-4-2-1-3-5-6/h2-5,7,12H,1H2. The monoisotopic (exact) mass is 177 g/mol. The van der Waals surface area contributed by atoms with Gasteiger partial charge in [-0.3, -0.25) is 0 Å². The molecule has 0 aromatic rings. The fraction of sp³-hybridized carbons (Fsp3) is 0.375. The molecule has 0 spiro atoms. The predicted molar refractivity (Wildman–Crippen MR) is 38.2 cm³/mol. The van der Waals surface area contributed by atoms with Crippen LogP contribution in [0.4, 0.5) is 13.2 Å². The number of hydrogen-bond donors (Lipinski definition) is 1. The number of allylic oxidation sites excluding steroid dienone is 2. The van der Waals surface area contributed by atoms with E-state index >= 15 is 0 Å². The van der Waals surface area contributed by atoms with Crippen molar-refractivity contribution in [2.45, 2.75) is 18.7 Å². The smallest absolute Gasteiger partial charge is 0.379 e. The van der Waals surface area contributed by atoms with E-state index < -0.39 is 12.3 Å². The third kappa shape index (κ3) is 2.11. The van der Waals surface area contributed by atoms with Crippen LogP contribution in [0, 0.1) is 6.42 Å². The molecule has 1 N–H and O–H groups in total. The Labute approximate surface area is 68.2 Å². The first-order valence-corrected chi connectivity index (χ1v) is 3.46. The summed E-state index contributed by atoms with van der Waals surface area (Å²) in [5.41, 5.74) is -0.103. The van der Waals surface area contributed by atoms with Gasteiger partial charge >= 0.3 is 6.18 Å². The number of rotatable bonds is 1. The maximum atomic E-state index is 11.9. The summed E-state index contributed by atoms with van der Waals surface area (Å²) in [6.07, 6.45) is -0.578. The molecule has 0 aliphatic heterocycles. The number of aliphatic hydroxyl groups excluding tert-OH is 1. The summed E-state index contributed by atoms with van der Waals surface area (Å²) in [5.74, 6) is 0. The van der Waals surface area contributed by atoms with Gasteiger partial charge in [0.05, 0.1) is 0 Å². The summed E-state index contributed by atoms with van der Waals surface area (Å²) in [6, 6.07) is 0. The van der Waals surface area contributed by atoms with Crippen molar-refractivity contribution < 1.29 is 18.3 Å². The molecule has 1 aliphatic carbocycles. The first-order chi connectivity index (χ1) is 5.52. The van der Waals surface area contributed by atoms with E-state index in [2.05, 4.69) is 0 Å². The van der Waals surface area contributed by atoms with Crippen LogP contribution in [0.15, 0.2) is 23.8 Å². The van der Waals surface area contributed by atoms with Crippen molar-refractivity contribution in [3.63, 3.8) is 0 Å². The molecule has 1 nitrogen and oxygen atoms in total. The van der Waals surface area contributed by atoms with Crippen molar-refractivity contribution in [3.05, 3.63) is 30.2 Å². The summed E-state index contributed by atoms with van der Waals surface area (Å²) in [6.45, 7) is 0. The second kappa shape index (κ2) is 3.31. The summed E-state index contributed by atoms with van der Waals surface area (Å²) >= 11 is 0. The van der Waals surface area contributed by atoms with Crippen LogP contribution in [0.3, 0.4) is 0 Å². The zero-order chi connectivity index (χ0) is 9.19. The van der Waals surface area contributed by atoms with Crippen LogP contribution in [0.5, 0.6) is 0 Å². The molecule has 1 aliphatic rings. The summed E-state index contributed by atoms with van der Waals surface area (Å²) in [7, 11) is 0. The quantitative estimate of drug-likeness (QED) is 0.649. The van der Waals surface area contributed by atoms with Gasteiger partial charge < -0.3 is 5.11 Å². The van der Waals surface area contributed by atoms with E-state index in [9.17, 15) is 13.2 Å². The van der Waals surface area contributed by atoms with E-state index in [1.54, 1.807) is 12.5 Å². The number of alkyl halides is 3. The van der Waals surface area contributed by atoms with Crippen molar-refractivity contribution in [3.8, 4) is 0 Å². The van der Waals surface area contributed by atoms with Crippen molar-refractivity contribution >= 4 is 0 Å². The minimum atomic E-state index is -4.57. The Morgan fingerprint density at radius 1 is 1.42 bits per heavy atom. The maximum absolute atomic E-state index is 11.9. The topological polar surface area (TPSA) is 20.2 Å². The molecule has 1 radical (unpaired) electrons. The lowest BCUT2D eigenvalue weighted by Crippen LogP contribution is -2.30. The minimum Gasteiger partial charge on any atom is -0.379 e. The number of halogens is 3. The fourth-order valence-electron chi connectivity index (χ4n) is 0.914. The fourth-order valence-corrected chi connectivity index (χ4v) is 0.914. The van der Waals surface area contributed by atoms with Gasteiger partial charge in [-0.25, -0.2) is 0 Å². The Hall–Kier alpha value is -0.770. The van der Waals surface area contributed by atoms with Gasteiger partial charge in [-0.05, 0) is 18.4 Å². The molecular formula is C8H8F3O. The van der Waals surface area contributed by atoms with Crippen molar-refractivity contribution in [2.75, 3.05) is 0 Å². The van der Waals surface area contributed by atoms with Crippen LogP contribution < -0.4 is 0 Å². The highest BCUT2D eigenvalue weighted by molar-refractivity contribution is 5.31. The van der Waals surface area contributed by atoms with E-state index in [0.717, 1.165) is 0 Å². The molecule has 1 rings (SSSR count). The Morgan fingerprint density at radius 3 is 2.50 bits per heavy atom. The van der Waals surface area contributed by atoms with Crippen LogP contribution in [0.25, 0.3) is 0 Å². The third-order valence-corrected chi connectivity index (χ3v) is 1.52. The van der Waals surface area contributed by atoms with Gasteiger partial charge in [0, 0.05) is 0 Å².